The molecule has 0 aliphatic carbocycles. The fourth-order valence-electron chi connectivity index (χ4n) is 3.19. The third kappa shape index (κ3) is 5.90. The minimum atomic E-state index is -0.222. The maximum atomic E-state index is 12.3. The lowest BCUT2D eigenvalue weighted by Gasteiger charge is -2.15. The maximum Gasteiger partial charge on any atom is 0.251 e. The quantitative estimate of drug-likeness (QED) is 0.665. The van der Waals surface area contributed by atoms with Crippen molar-refractivity contribution in [3.63, 3.8) is 0 Å². The number of carbonyl (C=O) groups excluding carboxylic acids is 3. The van der Waals surface area contributed by atoms with Crippen molar-refractivity contribution < 1.29 is 14.4 Å². The second-order valence-electron chi connectivity index (χ2n) is 7.13. The highest BCUT2D eigenvalue weighted by Gasteiger charge is 2.20. The van der Waals surface area contributed by atoms with Crippen molar-refractivity contribution in [2.45, 2.75) is 32.7 Å². The number of anilines is 1. The van der Waals surface area contributed by atoms with Crippen LogP contribution < -0.4 is 10.6 Å². The average Bonchev–Trinajstić information content (AvgIpc) is 3.10. The van der Waals surface area contributed by atoms with E-state index in [0.717, 1.165) is 34.3 Å². The lowest BCUT2D eigenvalue weighted by molar-refractivity contribution is -0.128. The number of amides is 3. The number of nitrogens with one attached hydrogen (secondary N) is 2. The molecule has 0 saturated carbocycles. The van der Waals surface area contributed by atoms with E-state index in [4.69, 9.17) is 0 Å². The molecule has 7 heteroatoms. The van der Waals surface area contributed by atoms with Crippen LogP contribution in [0.2, 0.25) is 0 Å². The maximum absolute atomic E-state index is 12.3. The zero-order chi connectivity index (χ0) is 20.8. The molecule has 0 spiro atoms. The number of benzene rings is 2. The second-order valence-corrected chi connectivity index (χ2v) is 8.04. The number of halogens is 1. The monoisotopic (exact) mass is 457 g/mol. The summed E-state index contributed by atoms with van der Waals surface area (Å²) in [6.45, 7) is 3.55. The van der Waals surface area contributed by atoms with Crippen molar-refractivity contribution >= 4 is 39.3 Å². The molecule has 1 aliphatic heterocycles. The van der Waals surface area contributed by atoms with E-state index in [0.29, 0.717) is 18.5 Å². The van der Waals surface area contributed by atoms with E-state index < -0.39 is 0 Å². The van der Waals surface area contributed by atoms with E-state index in [9.17, 15) is 14.4 Å². The van der Waals surface area contributed by atoms with Crippen LogP contribution in [0.5, 0.6) is 0 Å². The molecule has 2 N–H and O–H groups in total. The van der Waals surface area contributed by atoms with Crippen LogP contribution in [0.3, 0.4) is 0 Å². The van der Waals surface area contributed by atoms with Crippen LogP contribution in [0.4, 0.5) is 5.69 Å². The predicted octanol–water partition coefficient (Wildman–Crippen LogP) is 3.64. The molecule has 1 fully saturated rings. The van der Waals surface area contributed by atoms with Gasteiger partial charge in [-0.15, -0.1) is 0 Å². The summed E-state index contributed by atoms with van der Waals surface area (Å²) < 4.78 is 0.893. The Hall–Kier alpha value is -2.67. The van der Waals surface area contributed by atoms with Gasteiger partial charge in [0.1, 0.15) is 0 Å². The SMILES string of the molecule is Cc1ccc(Br)cc1NC(=O)CCNC(=O)c1ccc(CN2CCCC2=O)cc1. The van der Waals surface area contributed by atoms with Gasteiger partial charge in [0.25, 0.3) is 5.91 Å². The van der Waals surface area contributed by atoms with E-state index >= 15 is 0 Å². The van der Waals surface area contributed by atoms with E-state index in [1.807, 2.05) is 42.2 Å². The van der Waals surface area contributed by atoms with E-state index in [2.05, 4.69) is 26.6 Å². The first-order valence-electron chi connectivity index (χ1n) is 9.63. The first kappa shape index (κ1) is 21.0. The fourth-order valence-corrected chi connectivity index (χ4v) is 3.55. The summed E-state index contributed by atoms with van der Waals surface area (Å²) in [5.41, 5.74) is 3.26. The molecule has 1 aliphatic rings. The number of nitrogens with zero attached hydrogens (tertiary/aromatic N) is 1. The number of rotatable bonds is 7. The van der Waals surface area contributed by atoms with Crippen molar-refractivity contribution in [1.82, 2.24) is 10.2 Å². The molecule has 0 radical (unpaired) electrons. The lowest BCUT2D eigenvalue weighted by atomic mass is 10.1. The van der Waals surface area contributed by atoms with Gasteiger partial charge in [-0.25, -0.2) is 0 Å². The molecule has 0 unspecified atom stereocenters. The smallest absolute Gasteiger partial charge is 0.251 e. The van der Waals surface area contributed by atoms with Crippen LogP contribution in [-0.4, -0.2) is 35.7 Å². The van der Waals surface area contributed by atoms with Gasteiger partial charge in [0, 0.05) is 48.2 Å². The van der Waals surface area contributed by atoms with Crippen LogP contribution in [-0.2, 0) is 16.1 Å². The Labute approximate surface area is 178 Å². The van der Waals surface area contributed by atoms with E-state index in [1.54, 1.807) is 12.1 Å². The van der Waals surface area contributed by atoms with Gasteiger partial charge in [0.15, 0.2) is 0 Å². The Morgan fingerprint density at radius 1 is 1.14 bits per heavy atom. The zero-order valence-corrected chi connectivity index (χ0v) is 17.9. The molecule has 1 heterocycles. The summed E-state index contributed by atoms with van der Waals surface area (Å²) in [5, 5.41) is 5.63. The predicted molar refractivity (Wildman–Crippen MR) is 116 cm³/mol. The number of hydrogen-bond donors (Lipinski definition) is 2. The normalized spacial score (nSPS) is 13.4. The van der Waals surface area contributed by atoms with Crippen molar-refractivity contribution in [2.75, 3.05) is 18.4 Å². The van der Waals surface area contributed by atoms with Gasteiger partial charge in [-0.05, 0) is 48.7 Å². The van der Waals surface area contributed by atoms with Gasteiger partial charge in [-0.1, -0.05) is 34.1 Å². The number of likely N-dealkylation sites (tertiary alicyclic amines) is 1. The highest BCUT2D eigenvalue weighted by molar-refractivity contribution is 9.10. The summed E-state index contributed by atoms with van der Waals surface area (Å²) in [4.78, 5) is 37.9. The highest BCUT2D eigenvalue weighted by Crippen LogP contribution is 2.20. The van der Waals surface area contributed by atoms with Gasteiger partial charge in [-0.2, -0.15) is 0 Å². The minimum absolute atomic E-state index is 0.155. The average molecular weight is 458 g/mol. The highest BCUT2D eigenvalue weighted by atomic mass is 79.9. The summed E-state index contributed by atoms with van der Waals surface area (Å²) in [6.07, 6.45) is 1.72. The van der Waals surface area contributed by atoms with Crippen LogP contribution in [0.1, 0.15) is 40.7 Å². The summed E-state index contributed by atoms with van der Waals surface area (Å²) in [6, 6.07) is 12.9. The largest absolute Gasteiger partial charge is 0.352 e. The topological polar surface area (TPSA) is 78.5 Å². The molecule has 2 aromatic rings. The first-order chi connectivity index (χ1) is 13.9. The fraction of sp³-hybridized carbons (Fsp3) is 0.318. The van der Waals surface area contributed by atoms with Gasteiger partial charge in [0.2, 0.25) is 11.8 Å². The van der Waals surface area contributed by atoms with Crippen LogP contribution in [0.25, 0.3) is 0 Å². The first-order valence-corrected chi connectivity index (χ1v) is 10.4. The molecule has 152 valence electrons. The lowest BCUT2D eigenvalue weighted by Crippen LogP contribution is -2.28. The third-order valence-corrected chi connectivity index (χ3v) is 5.37. The minimum Gasteiger partial charge on any atom is -0.352 e. The molecule has 3 amide bonds. The van der Waals surface area contributed by atoms with Crippen molar-refractivity contribution in [3.05, 3.63) is 63.6 Å². The Morgan fingerprint density at radius 3 is 2.59 bits per heavy atom. The molecular formula is C22H24BrN3O3. The summed E-state index contributed by atoms with van der Waals surface area (Å²) in [5.74, 6) is -0.194. The van der Waals surface area contributed by atoms with Crippen LogP contribution >= 0.6 is 15.9 Å². The molecule has 0 atom stereocenters. The third-order valence-electron chi connectivity index (χ3n) is 4.87. The Kier molecular flexibility index (Phi) is 7.04. The molecule has 3 rings (SSSR count). The Morgan fingerprint density at radius 2 is 1.90 bits per heavy atom. The molecule has 0 bridgehead atoms. The summed E-state index contributed by atoms with van der Waals surface area (Å²) in [7, 11) is 0. The number of hydrogen-bond acceptors (Lipinski definition) is 3. The van der Waals surface area contributed by atoms with Crippen LogP contribution in [0.15, 0.2) is 46.9 Å². The molecule has 0 aromatic heterocycles. The molecule has 2 aromatic carbocycles. The van der Waals surface area contributed by atoms with E-state index in [1.165, 1.54) is 0 Å². The molecule has 29 heavy (non-hydrogen) atoms. The Bertz CT molecular complexity index is 912. The van der Waals surface area contributed by atoms with Gasteiger partial charge >= 0.3 is 0 Å². The number of aryl methyl sites for hydroxylation is 1. The van der Waals surface area contributed by atoms with Gasteiger partial charge in [-0.3, -0.25) is 14.4 Å². The van der Waals surface area contributed by atoms with Gasteiger partial charge in [0.05, 0.1) is 0 Å². The summed E-state index contributed by atoms with van der Waals surface area (Å²) >= 11 is 3.39. The Balaban J connectivity index is 1.44. The van der Waals surface area contributed by atoms with Gasteiger partial charge < -0.3 is 15.5 Å². The molecule has 6 nitrogen and oxygen atoms in total. The van der Waals surface area contributed by atoms with Crippen molar-refractivity contribution in [2.24, 2.45) is 0 Å². The zero-order valence-electron chi connectivity index (χ0n) is 16.3. The number of carbonyl (C=O) groups is 3. The van der Waals surface area contributed by atoms with E-state index in [-0.39, 0.29) is 30.7 Å². The van der Waals surface area contributed by atoms with Crippen molar-refractivity contribution in [1.29, 1.82) is 0 Å². The van der Waals surface area contributed by atoms with Crippen molar-refractivity contribution in [3.8, 4) is 0 Å². The molecular weight excluding hydrogens is 434 g/mol. The van der Waals surface area contributed by atoms with Crippen LogP contribution in [0, 0.1) is 6.92 Å². The molecule has 1 saturated heterocycles. The second kappa shape index (κ2) is 9.69. The standard InChI is InChI=1S/C22H24BrN3O3/c1-15-4-9-18(23)13-19(15)25-20(27)10-11-24-22(29)17-7-5-16(6-8-17)14-26-12-2-3-21(26)28/h4-9,13H,2-3,10-12,14H2,1H3,(H,24,29)(H,25,27).